The van der Waals surface area contributed by atoms with Crippen molar-refractivity contribution in [3.05, 3.63) is 64.7 Å². The molecule has 2 atom stereocenters. The van der Waals surface area contributed by atoms with Crippen LogP contribution in [0.2, 0.25) is 0 Å². The summed E-state index contributed by atoms with van der Waals surface area (Å²) in [4.78, 5) is 23.2. The number of hydrogen-bond donors (Lipinski definition) is 2. The minimum absolute atomic E-state index is 0.0438. The van der Waals surface area contributed by atoms with E-state index >= 15 is 0 Å². The third kappa shape index (κ3) is 6.11. The molecule has 2 N–H and O–H groups in total. The van der Waals surface area contributed by atoms with Gasteiger partial charge in [0.2, 0.25) is 5.91 Å². The average Bonchev–Trinajstić information content (AvgIpc) is 2.61. The van der Waals surface area contributed by atoms with Crippen molar-refractivity contribution in [1.29, 1.82) is 0 Å². The Morgan fingerprint density at radius 3 is 2.36 bits per heavy atom. The van der Waals surface area contributed by atoms with Crippen molar-refractivity contribution in [3.63, 3.8) is 0 Å². The van der Waals surface area contributed by atoms with Gasteiger partial charge in [0.1, 0.15) is 0 Å². The van der Waals surface area contributed by atoms with Crippen LogP contribution < -0.4 is 10.6 Å². The number of nitrogens with zero attached hydrogens (tertiary/aromatic N) is 1. The summed E-state index contributed by atoms with van der Waals surface area (Å²) < 4.78 is 0. The zero-order valence-electron chi connectivity index (χ0n) is 14.1. The van der Waals surface area contributed by atoms with E-state index in [4.69, 9.17) is 0 Å². The van der Waals surface area contributed by atoms with Crippen LogP contribution in [0.25, 0.3) is 0 Å². The number of benzene rings is 2. The fourth-order valence-corrected chi connectivity index (χ4v) is 3.06. The van der Waals surface area contributed by atoms with Gasteiger partial charge in [-0.25, -0.2) is 0 Å². The Morgan fingerprint density at radius 1 is 1.12 bits per heavy atom. The molecule has 6 nitrogen and oxygen atoms in total. The van der Waals surface area contributed by atoms with Crippen LogP contribution in [0.15, 0.2) is 59.5 Å². The van der Waals surface area contributed by atoms with Crippen molar-refractivity contribution in [2.75, 3.05) is 11.9 Å². The maximum absolute atomic E-state index is 12.2. The van der Waals surface area contributed by atoms with Crippen LogP contribution in [0.5, 0.6) is 0 Å². The molecule has 0 fully saturated rings. The molecule has 0 bridgehead atoms. The van der Waals surface area contributed by atoms with Crippen molar-refractivity contribution >= 4 is 29.0 Å². The number of anilines is 1. The molecule has 0 aliphatic carbocycles. The number of thioether (sulfide) groups is 1. The predicted molar refractivity (Wildman–Crippen MR) is 101 cm³/mol. The third-order valence-electron chi connectivity index (χ3n) is 3.50. The molecule has 2 aromatic rings. The molecule has 0 saturated heterocycles. The van der Waals surface area contributed by atoms with Crippen molar-refractivity contribution < 1.29 is 9.72 Å². The van der Waals surface area contributed by atoms with Gasteiger partial charge < -0.3 is 10.6 Å². The quantitative estimate of drug-likeness (QED) is 0.427. The molecule has 0 heterocycles. The zero-order valence-corrected chi connectivity index (χ0v) is 15.0. The topological polar surface area (TPSA) is 84.3 Å². The Balaban J connectivity index is 1.78. The Labute approximate surface area is 151 Å². The SMILES string of the molecule is C[C@@H](CNC(=O)[C@@H](C)Sc1ccc([N+](=O)[O-])cc1)Nc1ccccc1. The molecule has 2 aromatic carbocycles. The Hall–Kier alpha value is -2.54. The van der Waals surface area contributed by atoms with Gasteiger partial charge in [0.05, 0.1) is 10.2 Å². The van der Waals surface area contributed by atoms with Crippen LogP contribution in [0, 0.1) is 10.1 Å². The summed E-state index contributed by atoms with van der Waals surface area (Å²) in [6.07, 6.45) is 0. The summed E-state index contributed by atoms with van der Waals surface area (Å²) in [7, 11) is 0. The number of nitro groups is 1. The first kappa shape index (κ1) is 18.8. The second-order valence-electron chi connectivity index (χ2n) is 5.67. The number of amides is 1. The summed E-state index contributed by atoms with van der Waals surface area (Å²) in [6, 6.07) is 16.1. The molecule has 0 spiro atoms. The van der Waals surface area contributed by atoms with E-state index in [0.717, 1.165) is 10.6 Å². The standard InChI is InChI=1S/C18H21N3O3S/c1-13(20-15-6-4-3-5-7-15)12-19-18(22)14(2)25-17-10-8-16(9-11-17)21(23)24/h3-11,13-14,20H,12H2,1-2H3,(H,19,22)/t13-,14+/m0/s1. The second-order valence-corrected chi connectivity index (χ2v) is 7.08. The molecule has 0 saturated carbocycles. The van der Waals surface area contributed by atoms with Crippen molar-refractivity contribution in [3.8, 4) is 0 Å². The van der Waals surface area contributed by atoms with E-state index in [0.29, 0.717) is 6.54 Å². The van der Waals surface area contributed by atoms with Gasteiger partial charge in [0.25, 0.3) is 5.69 Å². The average molecular weight is 359 g/mol. The molecule has 0 unspecified atom stereocenters. The first-order chi connectivity index (χ1) is 12.0. The second kappa shape index (κ2) is 9.08. The lowest BCUT2D eigenvalue weighted by molar-refractivity contribution is -0.384. The smallest absolute Gasteiger partial charge is 0.269 e. The number of para-hydroxylation sites is 1. The highest BCUT2D eigenvalue weighted by Crippen LogP contribution is 2.25. The number of nitro benzene ring substituents is 1. The molecule has 25 heavy (non-hydrogen) atoms. The molecule has 7 heteroatoms. The van der Waals surface area contributed by atoms with Gasteiger partial charge in [0.15, 0.2) is 0 Å². The first-order valence-electron chi connectivity index (χ1n) is 7.96. The lowest BCUT2D eigenvalue weighted by atomic mass is 10.2. The summed E-state index contributed by atoms with van der Waals surface area (Å²) in [5.41, 5.74) is 1.06. The van der Waals surface area contributed by atoms with Crippen LogP contribution in [-0.4, -0.2) is 28.7 Å². The Bertz CT molecular complexity index is 707. The Kier molecular flexibility index (Phi) is 6.82. The van der Waals surface area contributed by atoms with E-state index in [9.17, 15) is 14.9 Å². The van der Waals surface area contributed by atoms with Gasteiger partial charge in [-0.2, -0.15) is 0 Å². The van der Waals surface area contributed by atoms with Crippen molar-refractivity contribution in [1.82, 2.24) is 5.32 Å². The van der Waals surface area contributed by atoms with Gasteiger partial charge in [-0.3, -0.25) is 14.9 Å². The van der Waals surface area contributed by atoms with Crippen LogP contribution in [0.4, 0.5) is 11.4 Å². The number of carbonyl (C=O) groups excluding carboxylic acids is 1. The fourth-order valence-electron chi connectivity index (χ4n) is 2.17. The Morgan fingerprint density at radius 2 is 1.76 bits per heavy atom. The van der Waals surface area contributed by atoms with Crippen molar-refractivity contribution in [2.24, 2.45) is 0 Å². The summed E-state index contributed by atoms with van der Waals surface area (Å²) in [6.45, 7) is 4.33. The normalized spacial score (nSPS) is 12.9. The van der Waals surface area contributed by atoms with E-state index in [1.165, 1.54) is 23.9 Å². The number of non-ortho nitro benzene ring substituents is 1. The summed E-state index contributed by atoms with van der Waals surface area (Å²) >= 11 is 1.37. The van der Waals surface area contributed by atoms with Crippen LogP contribution in [0.1, 0.15) is 13.8 Å². The highest BCUT2D eigenvalue weighted by molar-refractivity contribution is 8.00. The molecular formula is C18H21N3O3S. The minimum Gasteiger partial charge on any atom is -0.381 e. The first-order valence-corrected chi connectivity index (χ1v) is 8.84. The largest absolute Gasteiger partial charge is 0.381 e. The third-order valence-corrected chi connectivity index (χ3v) is 4.61. The zero-order chi connectivity index (χ0) is 18.2. The lowest BCUT2D eigenvalue weighted by Gasteiger charge is -2.18. The van der Waals surface area contributed by atoms with Crippen LogP contribution in [-0.2, 0) is 4.79 Å². The van der Waals surface area contributed by atoms with E-state index in [1.807, 2.05) is 44.2 Å². The van der Waals surface area contributed by atoms with Crippen molar-refractivity contribution in [2.45, 2.75) is 30.0 Å². The minimum atomic E-state index is -0.439. The number of carbonyl (C=O) groups is 1. The van der Waals surface area contributed by atoms with Gasteiger partial charge in [0, 0.05) is 35.3 Å². The molecular weight excluding hydrogens is 338 g/mol. The molecule has 2 rings (SSSR count). The molecule has 0 aliphatic heterocycles. The van der Waals surface area contributed by atoms with Crippen LogP contribution in [0.3, 0.4) is 0 Å². The monoisotopic (exact) mass is 359 g/mol. The molecule has 0 aliphatic rings. The van der Waals surface area contributed by atoms with Gasteiger partial charge in [-0.1, -0.05) is 18.2 Å². The molecule has 0 aromatic heterocycles. The maximum atomic E-state index is 12.2. The van der Waals surface area contributed by atoms with Gasteiger partial charge >= 0.3 is 0 Å². The van der Waals surface area contributed by atoms with E-state index < -0.39 is 4.92 Å². The fraction of sp³-hybridized carbons (Fsp3) is 0.278. The van der Waals surface area contributed by atoms with Gasteiger partial charge in [-0.15, -0.1) is 11.8 Å². The molecule has 132 valence electrons. The number of rotatable bonds is 8. The van der Waals surface area contributed by atoms with E-state index in [1.54, 1.807) is 12.1 Å². The van der Waals surface area contributed by atoms with Gasteiger partial charge in [-0.05, 0) is 38.1 Å². The molecule has 0 radical (unpaired) electrons. The maximum Gasteiger partial charge on any atom is 0.269 e. The van der Waals surface area contributed by atoms with E-state index in [-0.39, 0.29) is 22.9 Å². The number of hydrogen-bond acceptors (Lipinski definition) is 5. The summed E-state index contributed by atoms with van der Waals surface area (Å²) in [5.74, 6) is -0.0648. The highest BCUT2D eigenvalue weighted by atomic mass is 32.2. The molecule has 1 amide bonds. The number of nitrogens with one attached hydrogen (secondary N) is 2. The predicted octanol–water partition coefficient (Wildman–Crippen LogP) is 3.69. The van der Waals surface area contributed by atoms with E-state index in [2.05, 4.69) is 10.6 Å². The van der Waals surface area contributed by atoms with Crippen LogP contribution >= 0.6 is 11.8 Å². The highest BCUT2D eigenvalue weighted by Gasteiger charge is 2.15. The summed E-state index contributed by atoms with van der Waals surface area (Å²) in [5, 5.41) is 16.6. The lowest BCUT2D eigenvalue weighted by Crippen LogP contribution is -2.38.